The van der Waals surface area contributed by atoms with E-state index in [9.17, 15) is 14.4 Å². The number of amides is 3. The number of halogens is 1. The number of carbonyl (C=O) groups is 3. The molecule has 0 unspecified atom stereocenters. The van der Waals surface area contributed by atoms with Crippen LogP contribution in [0.25, 0.3) is 6.08 Å². The molecule has 9 heteroatoms. The van der Waals surface area contributed by atoms with Crippen LogP contribution in [0.1, 0.15) is 60.5 Å². The third-order valence-electron chi connectivity index (χ3n) is 6.11. The number of hydrogen-bond donors (Lipinski definition) is 2. The predicted molar refractivity (Wildman–Crippen MR) is 133 cm³/mol. The molecule has 2 aromatic carbocycles. The Bertz CT molecular complexity index is 1160. The Hall–Kier alpha value is -3.33. The molecule has 184 valence electrons. The van der Waals surface area contributed by atoms with Gasteiger partial charge in [0.2, 0.25) is 0 Å². The van der Waals surface area contributed by atoms with E-state index >= 15 is 0 Å². The lowest BCUT2D eigenvalue weighted by molar-refractivity contribution is -0.124. The smallest absolute Gasteiger partial charge is 0.335 e. The summed E-state index contributed by atoms with van der Waals surface area (Å²) in [5.41, 5.74) is 1.91. The Labute approximate surface area is 212 Å². The molecule has 1 saturated heterocycles. The van der Waals surface area contributed by atoms with Gasteiger partial charge in [-0.3, -0.25) is 9.69 Å². The number of hydrogen-bond acceptors (Lipinski definition) is 5. The molecular weight excluding hydrogens is 516 g/mol. The Morgan fingerprint density at radius 3 is 2.46 bits per heavy atom. The van der Waals surface area contributed by atoms with Gasteiger partial charge in [-0.1, -0.05) is 47.3 Å². The fraction of sp³-hybridized carbons (Fsp3) is 0.346. The maximum absolute atomic E-state index is 13.0. The molecule has 0 radical (unpaired) electrons. The second kappa shape index (κ2) is 10.9. The van der Waals surface area contributed by atoms with Gasteiger partial charge in [0.15, 0.2) is 11.5 Å². The first kappa shape index (κ1) is 24.8. The predicted octanol–water partition coefficient (Wildman–Crippen LogP) is 5.35. The number of carboxylic acid groups (broad SMARTS) is 1. The molecule has 1 heterocycles. The van der Waals surface area contributed by atoms with Crippen LogP contribution in [0.15, 0.2) is 46.6 Å². The molecule has 0 atom stereocenters. The maximum Gasteiger partial charge on any atom is 0.335 e. The van der Waals surface area contributed by atoms with Gasteiger partial charge in [-0.2, -0.15) is 0 Å². The van der Waals surface area contributed by atoms with Crippen molar-refractivity contribution in [1.29, 1.82) is 0 Å². The van der Waals surface area contributed by atoms with Gasteiger partial charge >= 0.3 is 12.0 Å². The summed E-state index contributed by atoms with van der Waals surface area (Å²) in [5.74, 6) is -0.306. The first-order valence-electron chi connectivity index (χ1n) is 11.6. The van der Waals surface area contributed by atoms with Crippen LogP contribution in [0.2, 0.25) is 0 Å². The zero-order chi connectivity index (χ0) is 24.9. The van der Waals surface area contributed by atoms with E-state index in [1.165, 1.54) is 17.0 Å². The van der Waals surface area contributed by atoms with Crippen LogP contribution in [0, 0.1) is 0 Å². The average Bonchev–Trinajstić information content (AvgIpc) is 3.13. The highest BCUT2D eigenvalue weighted by Crippen LogP contribution is 2.36. The van der Waals surface area contributed by atoms with Crippen LogP contribution in [0.4, 0.5) is 4.79 Å². The van der Waals surface area contributed by atoms with E-state index in [1.807, 2.05) is 6.92 Å². The molecular formula is C26H27BrN2O6. The van der Waals surface area contributed by atoms with E-state index < -0.39 is 5.97 Å². The molecule has 0 spiro atoms. The van der Waals surface area contributed by atoms with E-state index in [0.29, 0.717) is 28.1 Å². The number of imide groups is 1. The third-order valence-corrected chi connectivity index (χ3v) is 6.79. The molecule has 1 saturated carbocycles. The number of urea groups is 1. The number of carboxylic acids is 1. The van der Waals surface area contributed by atoms with Crippen molar-refractivity contribution in [3.8, 4) is 11.5 Å². The largest absolute Gasteiger partial charge is 0.490 e. The molecule has 2 fully saturated rings. The van der Waals surface area contributed by atoms with Crippen molar-refractivity contribution in [3.63, 3.8) is 0 Å². The van der Waals surface area contributed by atoms with Gasteiger partial charge in [0.1, 0.15) is 12.3 Å². The number of rotatable bonds is 8. The minimum absolute atomic E-state index is 0.0510. The van der Waals surface area contributed by atoms with Crippen molar-refractivity contribution in [2.24, 2.45) is 0 Å². The number of ether oxygens (including phenoxy) is 2. The zero-order valence-corrected chi connectivity index (χ0v) is 21.0. The Morgan fingerprint density at radius 1 is 1.11 bits per heavy atom. The quantitative estimate of drug-likeness (QED) is 0.344. The molecule has 2 aliphatic rings. The van der Waals surface area contributed by atoms with Crippen LogP contribution in [-0.2, 0) is 11.4 Å². The first-order chi connectivity index (χ1) is 16.9. The van der Waals surface area contributed by atoms with Crippen molar-refractivity contribution in [2.75, 3.05) is 6.61 Å². The van der Waals surface area contributed by atoms with Crippen LogP contribution < -0.4 is 14.8 Å². The molecule has 1 aliphatic carbocycles. The summed E-state index contributed by atoms with van der Waals surface area (Å²) in [4.78, 5) is 37.9. The zero-order valence-electron chi connectivity index (χ0n) is 19.4. The number of nitrogens with zero attached hydrogens (tertiary/aromatic N) is 1. The Balaban J connectivity index is 1.53. The highest BCUT2D eigenvalue weighted by atomic mass is 79.9. The molecule has 1 aliphatic heterocycles. The molecule has 0 aromatic heterocycles. The minimum atomic E-state index is -0.983. The topological polar surface area (TPSA) is 105 Å². The second-order valence-corrected chi connectivity index (χ2v) is 9.35. The van der Waals surface area contributed by atoms with Crippen molar-refractivity contribution in [1.82, 2.24) is 10.2 Å². The van der Waals surface area contributed by atoms with Crippen molar-refractivity contribution in [2.45, 2.75) is 51.7 Å². The van der Waals surface area contributed by atoms with Gasteiger partial charge in [-0.05, 0) is 61.2 Å². The third kappa shape index (κ3) is 5.67. The highest BCUT2D eigenvalue weighted by molar-refractivity contribution is 9.10. The van der Waals surface area contributed by atoms with E-state index in [2.05, 4.69) is 21.2 Å². The van der Waals surface area contributed by atoms with E-state index in [1.54, 1.807) is 30.3 Å². The standard InChI is InChI=1S/C26H27BrN2O6/c1-2-34-22-13-18(12-21-24(30)29(26(33)28-21)19-6-4-3-5-7-19)20(27)14-23(22)35-15-16-8-10-17(11-9-16)25(31)32/h8-14,19H,2-7,15H2,1H3,(H,28,33)(H,31,32)/b21-12-. The summed E-state index contributed by atoms with van der Waals surface area (Å²) in [6.07, 6.45) is 6.51. The van der Waals surface area contributed by atoms with E-state index in [4.69, 9.17) is 14.6 Å². The lowest BCUT2D eigenvalue weighted by Gasteiger charge is -2.28. The molecule has 2 N–H and O–H groups in total. The summed E-state index contributed by atoms with van der Waals surface area (Å²) in [7, 11) is 0. The number of nitrogens with one attached hydrogen (secondary N) is 1. The van der Waals surface area contributed by atoms with Crippen molar-refractivity contribution < 1.29 is 29.0 Å². The fourth-order valence-corrected chi connectivity index (χ4v) is 4.76. The minimum Gasteiger partial charge on any atom is -0.490 e. The van der Waals surface area contributed by atoms with Crippen LogP contribution in [0.5, 0.6) is 11.5 Å². The van der Waals surface area contributed by atoms with Gasteiger partial charge in [-0.25, -0.2) is 9.59 Å². The lowest BCUT2D eigenvalue weighted by Crippen LogP contribution is -2.41. The first-order valence-corrected chi connectivity index (χ1v) is 12.4. The van der Waals surface area contributed by atoms with Crippen LogP contribution >= 0.6 is 15.9 Å². The molecule has 8 nitrogen and oxygen atoms in total. The van der Waals surface area contributed by atoms with Crippen molar-refractivity contribution in [3.05, 3.63) is 63.3 Å². The number of aromatic carboxylic acids is 1. The highest BCUT2D eigenvalue weighted by Gasteiger charge is 2.39. The average molecular weight is 543 g/mol. The molecule has 3 amide bonds. The van der Waals surface area contributed by atoms with Crippen molar-refractivity contribution >= 4 is 39.9 Å². The fourth-order valence-electron chi connectivity index (χ4n) is 4.32. The molecule has 2 aromatic rings. The van der Waals surface area contributed by atoms with Crippen LogP contribution in [0.3, 0.4) is 0 Å². The normalized spacial score (nSPS) is 17.5. The van der Waals surface area contributed by atoms with E-state index in [0.717, 1.165) is 37.7 Å². The summed E-state index contributed by atoms with van der Waals surface area (Å²) >= 11 is 3.54. The summed E-state index contributed by atoms with van der Waals surface area (Å²) in [6.45, 7) is 2.49. The molecule has 35 heavy (non-hydrogen) atoms. The summed E-state index contributed by atoms with van der Waals surface area (Å²) in [5, 5.41) is 11.8. The number of benzene rings is 2. The van der Waals surface area contributed by atoms with Gasteiger partial charge in [0.25, 0.3) is 5.91 Å². The number of carbonyl (C=O) groups excluding carboxylic acids is 2. The lowest BCUT2D eigenvalue weighted by atomic mass is 9.94. The van der Waals surface area contributed by atoms with E-state index in [-0.39, 0.29) is 35.8 Å². The maximum atomic E-state index is 13.0. The summed E-state index contributed by atoms with van der Waals surface area (Å²) in [6, 6.07) is 9.54. The van der Waals surface area contributed by atoms with Gasteiger partial charge in [0.05, 0.1) is 12.2 Å². The van der Waals surface area contributed by atoms with Gasteiger partial charge in [0, 0.05) is 10.5 Å². The monoisotopic (exact) mass is 542 g/mol. The molecule has 0 bridgehead atoms. The van der Waals surface area contributed by atoms with Gasteiger partial charge < -0.3 is 19.9 Å². The Kier molecular flexibility index (Phi) is 7.75. The van der Waals surface area contributed by atoms with Crippen LogP contribution in [-0.4, -0.2) is 40.6 Å². The second-order valence-electron chi connectivity index (χ2n) is 8.50. The molecule has 4 rings (SSSR count). The summed E-state index contributed by atoms with van der Waals surface area (Å²) < 4.78 is 12.4. The Morgan fingerprint density at radius 2 is 1.80 bits per heavy atom. The SMILES string of the molecule is CCOc1cc(/C=C2\NC(=O)N(C3CCCCC3)C2=O)c(Br)cc1OCc1ccc(C(=O)O)cc1. The van der Waals surface area contributed by atoms with Gasteiger partial charge in [-0.15, -0.1) is 0 Å².